The summed E-state index contributed by atoms with van der Waals surface area (Å²) in [5.41, 5.74) is 1.17. The monoisotopic (exact) mass is 282 g/mol. The van der Waals surface area contributed by atoms with Crippen LogP contribution in [0.3, 0.4) is 0 Å². The zero-order valence-electron chi connectivity index (χ0n) is 11.4. The van der Waals surface area contributed by atoms with E-state index in [0.29, 0.717) is 6.54 Å². The van der Waals surface area contributed by atoms with E-state index in [2.05, 4.69) is 17.2 Å². The molecular formula is C14H19ClN2O2. The number of fused-ring (bicyclic) bond motifs is 1. The zero-order valence-corrected chi connectivity index (χ0v) is 12.1. The topological polar surface area (TPSA) is 54.1 Å². The molecule has 1 aliphatic carbocycles. The molecule has 19 heavy (non-hydrogen) atoms. The van der Waals surface area contributed by atoms with Crippen LogP contribution in [0, 0.1) is 0 Å². The molecule has 0 bridgehead atoms. The number of carbonyl (C=O) groups is 1. The van der Waals surface area contributed by atoms with E-state index in [1.165, 1.54) is 12.5 Å². The van der Waals surface area contributed by atoms with Crippen molar-refractivity contribution in [2.75, 3.05) is 13.7 Å². The zero-order chi connectivity index (χ0) is 14.0. The average Bonchev–Trinajstić information content (AvgIpc) is 2.77. The van der Waals surface area contributed by atoms with Gasteiger partial charge < -0.3 is 15.0 Å². The summed E-state index contributed by atoms with van der Waals surface area (Å²) in [6.07, 6.45) is 5.88. The Kier molecular flexibility index (Phi) is 4.32. The van der Waals surface area contributed by atoms with Crippen LogP contribution in [0.4, 0.5) is 0 Å². The number of aromatic amines is 1. The first-order chi connectivity index (χ1) is 9.02. The minimum Gasteiger partial charge on any atom is -0.375 e. The lowest BCUT2D eigenvalue weighted by atomic mass is 9.99. The Morgan fingerprint density at radius 3 is 2.95 bits per heavy atom. The number of alkyl halides is 1. The highest BCUT2D eigenvalue weighted by atomic mass is 35.5. The van der Waals surface area contributed by atoms with Crippen LogP contribution in [0.5, 0.6) is 0 Å². The van der Waals surface area contributed by atoms with Crippen molar-refractivity contribution in [1.82, 2.24) is 10.3 Å². The molecule has 1 aromatic heterocycles. The van der Waals surface area contributed by atoms with E-state index in [9.17, 15) is 4.79 Å². The Morgan fingerprint density at radius 2 is 2.32 bits per heavy atom. The van der Waals surface area contributed by atoms with Crippen LogP contribution in [0.15, 0.2) is 6.20 Å². The van der Waals surface area contributed by atoms with E-state index >= 15 is 0 Å². The standard InChI is InChI=1S/C14H19ClN2O2/c1-8(6-16-9(2)18)11-7-17-13-5-12(15)14(19-3)4-10(11)13/h4-5,7-8,12,14,17H,6H2,1-3H3,(H,16,18). The third-order valence-electron chi connectivity index (χ3n) is 3.42. The number of nitrogens with one attached hydrogen (secondary N) is 2. The van der Waals surface area contributed by atoms with Crippen LogP contribution in [-0.4, -0.2) is 36.0 Å². The molecule has 1 aromatic rings. The molecule has 1 amide bonds. The predicted octanol–water partition coefficient (Wildman–Crippen LogP) is 0.451. The number of halogens is 1. The van der Waals surface area contributed by atoms with Gasteiger partial charge in [0, 0.05) is 43.3 Å². The third-order valence-corrected chi connectivity index (χ3v) is 3.79. The van der Waals surface area contributed by atoms with E-state index in [4.69, 9.17) is 16.3 Å². The first kappa shape index (κ1) is 14.2. The van der Waals surface area contributed by atoms with Crippen molar-refractivity contribution in [3.8, 4) is 0 Å². The molecule has 2 N–H and O–H groups in total. The number of methoxy groups -OCH3 is 1. The molecular weight excluding hydrogens is 264 g/mol. The van der Waals surface area contributed by atoms with Crippen molar-refractivity contribution < 1.29 is 9.53 Å². The molecule has 1 heterocycles. The average molecular weight is 283 g/mol. The molecule has 0 saturated carbocycles. The van der Waals surface area contributed by atoms with Gasteiger partial charge in [-0.1, -0.05) is 6.92 Å². The van der Waals surface area contributed by atoms with Crippen LogP contribution in [0.25, 0.3) is 12.2 Å². The Bertz CT molecular complexity index is 579. The van der Waals surface area contributed by atoms with Gasteiger partial charge in [-0.2, -0.15) is 0 Å². The number of hydrogen-bond donors (Lipinski definition) is 2. The Hall–Kier alpha value is -1.26. The van der Waals surface area contributed by atoms with Gasteiger partial charge in [0.15, 0.2) is 0 Å². The summed E-state index contributed by atoms with van der Waals surface area (Å²) in [5.74, 6) is 0.223. The highest BCUT2D eigenvalue weighted by Crippen LogP contribution is 2.14. The van der Waals surface area contributed by atoms with Crippen molar-refractivity contribution in [2.24, 2.45) is 0 Å². The third kappa shape index (κ3) is 3.01. The second-order valence-electron chi connectivity index (χ2n) is 4.89. The van der Waals surface area contributed by atoms with E-state index < -0.39 is 0 Å². The number of hydrogen-bond acceptors (Lipinski definition) is 2. The van der Waals surface area contributed by atoms with Gasteiger partial charge in [-0.15, -0.1) is 11.6 Å². The van der Waals surface area contributed by atoms with Gasteiger partial charge in [0.1, 0.15) is 0 Å². The minimum atomic E-state index is -0.158. The molecule has 4 nitrogen and oxygen atoms in total. The Labute approximate surface area is 117 Å². The van der Waals surface area contributed by atoms with Crippen LogP contribution in [0.2, 0.25) is 0 Å². The lowest BCUT2D eigenvalue weighted by Gasteiger charge is -2.17. The summed E-state index contributed by atoms with van der Waals surface area (Å²) in [5, 5.41) is 4.83. The predicted molar refractivity (Wildman–Crippen MR) is 76.5 cm³/mol. The van der Waals surface area contributed by atoms with E-state index in [1.54, 1.807) is 7.11 Å². The minimum absolute atomic E-state index is 0.0117. The second-order valence-corrected chi connectivity index (χ2v) is 5.39. The first-order valence-electron chi connectivity index (χ1n) is 6.35. The molecule has 5 heteroatoms. The van der Waals surface area contributed by atoms with Gasteiger partial charge >= 0.3 is 0 Å². The molecule has 0 aliphatic heterocycles. The second kappa shape index (κ2) is 5.80. The van der Waals surface area contributed by atoms with Crippen LogP contribution >= 0.6 is 11.6 Å². The van der Waals surface area contributed by atoms with Gasteiger partial charge in [-0.25, -0.2) is 0 Å². The van der Waals surface area contributed by atoms with Crippen LogP contribution in [0.1, 0.15) is 25.3 Å². The smallest absolute Gasteiger partial charge is 0.216 e. The number of amides is 1. The fourth-order valence-corrected chi connectivity index (χ4v) is 2.61. The van der Waals surface area contributed by atoms with Gasteiger partial charge in [0.2, 0.25) is 5.91 Å². The summed E-state index contributed by atoms with van der Waals surface area (Å²) in [6.45, 7) is 4.23. The fourth-order valence-electron chi connectivity index (χ4n) is 2.31. The van der Waals surface area contributed by atoms with Crippen molar-refractivity contribution in [3.05, 3.63) is 22.3 Å². The Balaban J connectivity index is 2.31. The maximum absolute atomic E-state index is 11.0. The highest BCUT2D eigenvalue weighted by molar-refractivity contribution is 6.24. The number of ether oxygens (including phenoxy) is 1. The molecule has 0 fully saturated rings. The molecule has 3 unspecified atom stereocenters. The van der Waals surface area contributed by atoms with Crippen molar-refractivity contribution >= 4 is 29.7 Å². The number of rotatable bonds is 4. The van der Waals surface area contributed by atoms with Crippen molar-refractivity contribution in [3.63, 3.8) is 0 Å². The molecule has 0 radical (unpaired) electrons. The summed E-state index contributed by atoms with van der Waals surface area (Å²) in [4.78, 5) is 14.2. The molecule has 1 aliphatic rings. The molecule has 0 spiro atoms. The lowest BCUT2D eigenvalue weighted by Crippen LogP contribution is -2.38. The number of aromatic nitrogens is 1. The maximum Gasteiger partial charge on any atom is 0.216 e. The normalized spacial score (nSPS) is 22.9. The molecule has 0 saturated heterocycles. The lowest BCUT2D eigenvalue weighted by molar-refractivity contribution is -0.119. The van der Waals surface area contributed by atoms with Crippen LogP contribution in [-0.2, 0) is 9.53 Å². The van der Waals surface area contributed by atoms with Crippen LogP contribution < -0.4 is 15.9 Å². The van der Waals surface area contributed by atoms with Crippen molar-refractivity contribution in [2.45, 2.75) is 31.2 Å². The first-order valence-corrected chi connectivity index (χ1v) is 6.79. The SMILES string of the molecule is COC1C=c2c(C(C)CNC(C)=O)c[nH]c2=CC1Cl. The Morgan fingerprint density at radius 1 is 1.58 bits per heavy atom. The summed E-state index contributed by atoms with van der Waals surface area (Å²) < 4.78 is 5.36. The molecule has 104 valence electrons. The van der Waals surface area contributed by atoms with Gasteiger partial charge in [0.25, 0.3) is 0 Å². The highest BCUT2D eigenvalue weighted by Gasteiger charge is 2.20. The molecule has 2 rings (SSSR count). The maximum atomic E-state index is 11.0. The fraction of sp³-hybridized carbons (Fsp3) is 0.500. The van der Waals surface area contributed by atoms with Gasteiger partial charge in [-0.3, -0.25) is 4.79 Å². The molecule has 0 aromatic carbocycles. The summed E-state index contributed by atoms with van der Waals surface area (Å²) in [6, 6.07) is 0. The van der Waals surface area contributed by atoms with E-state index in [-0.39, 0.29) is 23.3 Å². The quantitative estimate of drug-likeness (QED) is 0.788. The summed E-state index contributed by atoms with van der Waals surface area (Å²) in [7, 11) is 1.66. The van der Waals surface area contributed by atoms with E-state index in [0.717, 1.165) is 10.6 Å². The molecule has 3 atom stereocenters. The van der Waals surface area contributed by atoms with E-state index in [1.807, 2.05) is 18.3 Å². The number of H-pyrrole nitrogens is 1. The largest absolute Gasteiger partial charge is 0.375 e. The van der Waals surface area contributed by atoms with Gasteiger partial charge in [-0.05, 0) is 17.7 Å². The van der Waals surface area contributed by atoms with Gasteiger partial charge in [0.05, 0.1) is 11.5 Å². The number of carbonyl (C=O) groups excluding carboxylic acids is 1. The van der Waals surface area contributed by atoms with Crippen molar-refractivity contribution in [1.29, 1.82) is 0 Å². The summed E-state index contributed by atoms with van der Waals surface area (Å²) >= 11 is 6.21.